The summed E-state index contributed by atoms with van der Waals surface area (Å²) < 4.78 is 1.40. The predicted octanol–water partition coefficient (Wildman–Crippen LogP) is 2.29. The molecule has 0 bridgehead atoms. The summed E-state index contributed by atoms with van der Waals surface area (Å²) in [6.45, 7) is 9.27. The molecule has 0 aliphatic heterocycles. The van der Waals surface area contributed by atoms with Gasteiger partial charge in [-0.2, -0.15) is 5.10 Å². The van der Waals surface area contributed by atoms with Crippen LogP contribution in [-0.2, 0) is 5.54 Å². The van der Waals surface area contributed by atoms with Gasteiger partial charge in [0.25, 0.3) is 5.56 Å². The van der Waals surface area contributed by atoms with E-state index in [9.17, 15) is 4.79 Å². The molecule has 0 unspecified atom stereocenters. The maximum absolute atomic E-state index is 11.8. The normalized spacial score (nSPS) is 11.4. The van der Waals surface area contributed by atoms with Gasteiger partial charge in [0.1, 0.15) is 0 Å². The third-order valence-electron chi connectivity index (χ3n) is 1.81. The monoisotopic (exact) mass is 212 g/mol. The Morgan fingerprint density at radius 1 is 1.57 bits per heavy atom. The lowest BCUT2D eigenvalue weighted by molar-refractivity contribution is 0.337. The van der Waals surface area contributed by atoms with E-state index in [1.165, 1.54) is 17.0 Å². The molecule has 0 radical (unpaired) electrons. The molecular weight excluding hydrogens is 200 g/mol. The highest BCUT2D eigenvalue weighted by Gasteiger charge is 2.18. The van der Waals surface area contributed by atoms with Gasteiger partial charge < -0.3 is 0 Å². The van der Waals surface area contributed by atoms with Crippen molar-refractivity contribution in [1.29, 1.82) is 0 Å². The highest BCUT2D eigenvalue weighted by atomic mass is 35.5. The molecule has 0 fully saturated rings. The Bertz CT molecular complexity index is 415. The van der Waals surface area contributed by atoms with Crippen molar-refractivity contribution in [3.63, 3.8) is 0 Å². The fourth-order valence-corrected chi connectivity index (χ4v) is 1.31. The molecule has 0 aromatic carbocycles. The van der Waals surface area contributed by atoms with E-state index in [1.54, 1.807) is 0 Å². The Labute approximate surface area is 88.0 Å². The molecule has 3 nitrogen and oxygen atoms in total. The molecule has 0 saturated carbocycles. The van der Waals surface area contributed by atoms with E-state index >= 15 is 0 Å². The second-order valence-corrected chi connectivity index (χ2v) is 4.41. The fraction of sp³-hybridized carbons (Fsp3) is 0.400. The first-order valence-corrected chi connectivity index (χ1v) is 4.66. The van der Waals surface area contributed by atoms with E-state index in [1.807, 2.05) is 20.8 Å². The van der Waals surface area contributed by atoms with Crippen molar-refractivity contribution in [2.24, 2.45) is 0 Å². The van der Waals surface area contributed by atoms with Gasteiger partial charge in [0, 0.05) is 0 Å². The van der Waals surface area contributed by atoms with E-state index in [4.69, 9.17) is 11.6 Å². The van der Waals surface area contributed by atoms with Crippen molar-refractivity contribution in [2.45, 2.75) is 26.3 Å². The van der Waals surface area contributed by atoms with Gasteiger partial charge in [0.15, 0.2) is 0 Å². The number of hydrogen-bond donors (Lipinski definition) is 0. The zero-order valence-corrected chi connectivity index (χ0v) is 9.30. The zero-order chi connectivity index (χ0) is 10.9. The van der Waals surface area contributed by atoms with Crippen LogP contribution in [0.1, 0.15) is 26.3 Å². The average Bonchev–Trinajstić information content (AvgIpc) is 2.02. The summed E-state index contributed by atoms with van der Waals surface area (Å²) in [7, 11) is 0. The minimum absolute atomic E-state index is 0.208. The van der Waals surface area contributed by atoms with Gasteiger partial charge in [-0.25, -0.2) is 4.68 Å². The van der Waals surface area contributed by atoms with Crippen LogP contribution in [0.4, 0.5) is 0 Å². The fourth-order valence-electron chi connectivity index (χ4n) is 1.11. The molecule has 0 atom stereocenters. The van der Waals surface area contributed by atoms with E-state index in [-0.39, 0.29) is 11.1 Å². The lowest BCUT2D eigenvalue weighted by atomic mass is 10.1. The Balaban J connectivity index is 3.52. The number of aromatic nitrogens is 2. The van der Waals surface area contributed by atoms with E-state index in [2.05, 4.69) is 11.7 Å². The third-order valence-corrected chi connectivity index (χ3v) is 2.11. The molecule has 0 saturated heterocycles. The van der Waals surface area contributed by atoms with E-state index < -0.39 is 0 Å². The lowest BCUT2D eigenvalue weighted by Gasteiger charge is -2.20. The van der Waals surface area contributed by atoms with Crippen molar-refractivity contribution >= 4 is 17.7 Å². The van der Waals surface area contributed by atoms with Crippen molar-refractivity contribution < 1.29 is 0 Å². The SMILES string of the molecule is C=Cc1c(Cl)cnn(C(C)(C)C)c1=O. The van der Waals surface area contributed by atoms with Gasteiger partial charge in [-0.05, 0) is 20.8 Å². The molecule has 4 heteroatoms. The Kier molecular flexibility index (Phi) is 2.81. The predicted molar refractivity (Wildman–Crippen MR) is 58.6 cm³/mol. The first-order valence-electron chi connectivity index (χ1n) is 4.28. The van der Waals surface area contributed by atoms with Crippen LogP contribution >= 0.6 is 11.6 Å². The standard InChI is InChI=1S/C10H13ClN2O/c1-5-7-8(11)6-12-13(9(7)14)10(2,3)4/h5-6H,1H2,2-4H3. The molecule has 1 rings (SSSR count). The maximum atomic E-state index is 11.8. The molecule has 1 aromatic heterocycles. The molecule has 76 valence electrons. The molecule has 1 aromatic rings. The number of nitrogens with zero attached hydrogens (tertiary/aromatic N) is 2. The summed E-state index contributed by atoms with van der Waals surface area (Å²) >= 11 is 5.80. The summed E-state index contributed by atoms with van der Waals surface area (Å²) in [5.74, 6) is 0. The van der Waals surface area contributed by atoms with Crippen LogP contribution in [0, 0.1) is 0 Å². The molecule has 0 aliphatic carbocycles. The molecule has 14 heavy (non-hydrogen) atoms. The smallest absolute Gasteiger partial charge is 0.267 e. The maximum Gasteiger partial charge on any atom is 0.276 e. The lowest BCUT2D eigenvalue weighted by Crippen LogP contribution is -2.36. The molecule has 0 amide bonds. The molecule has 1 heterocycles. The van der Waals surface area contributed by atoms with Crippen LogP contribution in [-0.4, -0.2) is 9.78 Å². The molecular formula is C10H13ClN2O. The van der Waals surface area contributed by atoms with Gasteiger partial charge in [-0.15, -0.1) is 0 Å². The van der Waals surface area contributed by atoms with Crippen LogP contribution in [0.2, 0.25) is 5.02 Å². The van der Waals surface area contributed by atoms with E-state index in [0.29, 0.717) is 10.6 Å². The van der Waals surface area contributed by atoms with Crippen LogP contribution in [0.5, 0.6) is 0 Å². The first-order chi connectivity index (χ1) is 6.38. The summed E-state index contributed by atoms with van der Waals surface area (Å²) in [6.07, 6.45) is 2.92. The highest BCUT2D eigenvalue weighted by molar-refractivity contribution is 6.31. The van der Waals surface area contributed by atoms with Gasteiger partial charge in [-0.3, -0.25) is 4.79 Å². The summed E-state index contributed by atoms with van der Waals surface area (Å²) in [5, 5.41) is 4.32. The number of halogens is 1. The second kappa shape index (κ2) is 3.58. The highest BCUT2D eigenvalue weighted by Crippen LogP contribution is 2.14. The van der Waals surface area contributed by atoms with Crippen LogP contribution in [0.3, 0.4) is 0 Å². The average molecular weight is 213 g/mol. The van der Waals surface area contributed by atoms with Crippen molar-refractivity contribution in [3.8, 4) is 0 Å². The molecule has 0 aliphatic rings. The zero-order valence-electron chi connectivity index (χ0n) is 8.54. The summed E-state index contributed by atoms with van der Waals surface area (Å²) in [6, 6.07) is 0. The van der Waals surface area contributed by atoms with Gasteiger partial charge in [0.2, 0.25) is 0 Å². The summed E-state index contributed by atoms with van der Waals surface area (Å²) in [4.78, 5) is 11.8. The Morgan fingerprint density at radius 2 is 2.14 bits per heavy atom. The third kappa shape index (κ3) is 1.87. The van der Waals surface area contributed by atoms with Crippen LogP contribution in [0.15, 0.2) is 17.6 Å². The number of hydrogen-bond acceptors (Lipinski definition) is 2. The molecule has 0 spiro atoms. The second-order valence-electron chi connectivity index (χ2n) is 4.00. The van der Waals surface area contributed by atoms with Crippen LogP contribution < -0.4 is 5.56 Å². The Hall–Kier alpha value is -1.09. The first kappa shape index (κ1) is 11.0. The minimum atomic E-state index is -0.348. The topological polar surface area (TPSA) is 34.9 Å². The summed E-state index contributed by atoms with van der Waals surface area (Å²) in [5.41, 5.74) is -0.156. The van der Waals surface area contributed by atoms with Crippen molar-refractivity contribution in [2.75, 3.05) is 0 Å². The van der Waals surface area contributed by atoms with Crippen molar-refractivity contribution in [1.82, 2.24) is 9.78 Å². The largest absolute Gasteiger partial charge is 0.276 e. The number of rotatable bonds is 1. The van der Waals surface area contributed by atoms with Gasteiger partial charge in [0.05, 0.1) is 22.3 Å². The van der Waals surface area contributed by atoms with Crippen LogP contribution in [0.25, 0.3) is 6.08 Å². The Morgan fingerprint density at radius 3 is 2.57 bits per heavy atom. The van der Waals surface area contributed by atoms with Gasteiger partial charge in [-0.1, -0.05) is 24.3 Å². The quantitative estimate of drug-likeness (QED) is 0.716. The van der Waals surface area contributed by atoms with Gasteiger partial charge >= 0.3 is 0 Å². The van der Waals surface area contributed by atoms with E-state index in [0.717, 1.165) is 0 Å². The molecule has 0 N–H and O–H groups in total. The van der Waals surface area contributed by atoms with Crippen molar-refractivity contribution in [3.05, 3.63) is 33.7 Å². The minimum Gasteiger partial charge on any atom is -0.267 e.